The third-order valence-corrected chi connectivity index (χ3v) is 5.24. The molecule has 0 aliphatic carbocycles. The van der Waals surface area contributed by atoms with Crippen LogP contribution in [0.15, 0.2) is 36.4 Å². The minimum absolute atomic E-state index is 0.0915. The van der Waals surface area contributed by atoms with E-state index >= 15 is 0 Å². The summed E-state index contributed by atoms with van der Waals surface area (Å²) >= 11 is 0. The minimum atomic E-state index is -0.823. The standard InChI is InChI=1S/C24H35NO3/c1-6-9-12-17-24(5,27-8-3)23(26)25-21-15-16-22(28-18(4)7-2)20-14-11-10-13-19(20)21/h10-11,13-16,18H,6-9,12,17H2,1-5H3,(H,25,26)/t18-,24+/m0/s1. The van der Waals surface area contributed by atoms with E-state index in [1.807, 2.05) is 50.2 Å². The zero-order valence-electron chi connectivity index (χ0n) is 18.0. The van der Waals surface area contributed by atoms with Crippen LogP contribution in [0.5, 0.6) is 5.75 Å². The van der Waals surface area contributed by atoms with Crippen molar-refractivity contribution in [1.82, 2.24) is 0 Å². The Hall–Kier alpha value is -2.07. The molecule has 0 aromatic heterocycles. The Morgan fingerprint density at radius 1 is 1.07 bits per heavy atom. The molecule has 0 spiro atoms. The molecule has 0 radical (unpaired) electrons. The van der Waals surface area contributed by atoms with Gasteiger partial charge in [-0.25, -0.2) is 0 Å². The first-order valence-corrected chi connectivity index (χ1v) is 10.6. The van der Waals surface area contributed by atoms with E-state index in [1.54, 1.807) is 0 Å². The van der Waals surface area contributed by atoms with E-state index in [4.69, 9.17) is 9.47 Å². The first-order valence-electron chi connectivity index (χ1n) is 10.6. The molecule has 2 aromatic carbocycles. The van der Waals surface area contributed by atoms with Gasteiger partial charge in [0, 0.05) is 23.1 Å². The number of carbonyl (C=O) groups excluding carboxylic acids is 1. The van der Waals surface area contributed by atoms with Crippen molar-refractivity contribution in [3.63, 3.8) is 0 Å². The average molecular weight is 386 g/mol. The molecule has 4 heteroatoms. The van der Waals surface area contributed by atoms with Gasteiger partial charge in [-0.2, -0.15) is 0 Å². The van der Waals surface area contributed by atoms with Crippen LogP contribution in [0.25, 0.3) is 10.8 Å². The van der Waals surface area contributed by atoms with Gasteiger partial charge in [-0.1, -0.05) is 57.4 Å². The molecular formula is C24H35NO3. The lowest BCUT2D eigenvalue weighted by molar-refractivity contribution is -0.139. The maximum Gasteiger partial charge on any atom is 0.256 e. The second kappa shape index (κ2) is 10.5. The highest BCUT2D eigenvalue weighted by Crippen LogP contribution is 2.33. The maximum atomic E-state index is 13.1. The molecule has 0 bridgehead atoms. The van der Waals surface area contributed by atoms with Crippen LogP contribution >= 0.6 is 0 Å². The zero-order chi connectivity index (χ0) is 20.6. The topological polar surface area (TPSA) is 47.6 Å². The Bertz CT molecular complexity index is 774. The fourth-order valence-electron chi connectivity index (χ4n) is 3.32. The summed E-state index contributed by atoms with van der Waals surface area (Å²) in [6, 6.07) is 11.9. The van der Waals surface area contributed by atoms with Crippen molar-refractivity contribution in [1.29, 1.82) is 0 Å². The fraction of sp³-hybridized carbons (Fsp3) is 0.542. The molecule has 154 valence electrons. The summed E-state index contributed by atoms with van der Waals surface area (Å²) in [6.45, 7) is 10.7. The first kappa shape index (κ1) is 22.2. The van der Waals surface area contributed by atoms with Gasteiger partial charge >= 0.3 is 0 Å². The van der Waals surface area contributed by atoms with E-state index < -0.39 is 5.60 Å². The Kier molecular flexibility index (Phi) is 8.31. The Balaban J connectivity index is 2.29. The zero-order valence-corrected chi connectivity index (χ0v) is 18.0. The summed E-state index contributed by atoms with van der Waals surface area (Å²) in [4.78, 5) is 13.1. The molecule has 2 atom stereocenters. The molecular weight excluding hydrogens is 350 g/mol. The summed E-state index contributed by atoms with van der Waals surface area (Å²) < 4.78 is 11.9. The molecule has 28 heavy (non-hydrogen) atoms. The van der Waals surface area contributed by atoms with Gasteiger partial charge in [-0.15, -0.1) is 0 Å². The molecule has 4 nitrogen and oxygen atoms in total. The summed E-state index contributed by atoms with van der Waals surface area (Å²) in [6.07, 6.45) is 4.99. The second-order valence-electron chi connectivity index (χ2n) is 7.57. The molecule has 0 saturated carbocycles. The lowest BCUT2D eigenvalue weighted by Crippen LogP contribution is -2.42. The van der Waals surface area contributed by atoms with Crippen LogP contribution in [0.1, 0.15) is 66.7 Å². The second-order valence-corrected chi connectivity index (χ2v) is 7.57. The summed E-state index contributed by atoms with van der Waals surface area (Å²) in [7, 11) is 0. The predicted octanol–water partition coefficient (Wildman–Crippen LogP) is 6.33. The Morgan fingerprint density at radius 2 is 1.79 bits per heavy atom. The van der Waals surface area contributed by atoms with Gasteiger partial charge in [-0.3, -0.25) is 4.79 Å². The third-order valence-electron chi connectivity index (χ3n) is 5.24. The van der Waals surface area contributed by atoms with Gasteiger partial charge in [0.2, 0.25) is 0 Å². The first-order chi connectivity index (χ1) is 13.4. The van der Waals surface area contributed by atoms with Gasteiger partial charge in [0.15, 0.2) is 0 Å². The smallest absolute Gasteiger partial charge is 0.256 e. The minimum Gasteiger partial charge on any atom is -0.490 e. The molecule has 0 saturated heterocycles. The van der Waals surface area contributed by atoms with Crippen molar-refractivity contribution in [2.75, 3.05) is 11.9 Å². The van der Waals surface area contributed by atoms with Gasteiger partial charge in [0.1, 0.15) is 11.4 Å². The van der Waals surface area contributed by atoms with E-state index in [1.165, 1.54) is 0 Å². The van der Waals surface area contributed by atoms with Crippen LogP contribution in [-0.2, 0) is 9.53 Å². The highest BCUT2D eigenvalue weighted by atomic mass is 16.5. The largest absolute Gasteiger partial charge is 0.490 e. The lowest BCUT2D eigenvalue weighted by Gasteiger charge is -2.28. The number of rotatable bonds is 11. The van der Waals surface area contributed by atoms with Crippen LogP contribution in [0.4, 0.5) is 5.69 Å². The number of unbranched alkanes of at least 4 members (excludes halogenated alkanes) is 2. The van der Waals surface area contributed by atoms with Crippen LogP contribution < -0.4 is 10.1 Å². The molecule has 0 heterocycles. The number of amides is 1. The van der Waals surface area contributed by atoms with Crippen molar-refractivity contribution in [3.8, 4) is 5.75 Å². The molecule has 1 N–H and O–H groups in total. The van der Waals surface area contributed by atoms with Crippen molar-refractivity contribution in [2.45, 2.75) is 78.4 Å². The van der Waals surface area contributed by atoms with E-state index in [2.05, 4.69) is 26.1 Å². The summed E-state index contributed by atoms with van der Waals surface area (Å²) in [5.74, 6) is 0.754. The normalized spacial score (nSPS) is 14.5. The Morgan fingerprint density at radius 3 is 2.43 bits per heavy atom. The number of hydrogen-bond acceptors (Lipinski definition) is 3. The maximum absolute atomic E-state index is 13.1. The van der Waals surface area contributed by atoms with E-state index in [0.29, 0.717) is 13.0 Å². The quantitative estimate of drug-likeness (QED) is 0.460. The fourth-order valence-corrected chi connectivity index (χ4v) is 3.32. The molecule has 0 fully saturated rings. The van der Waals surface area contributed by atoms with Crippen molar-refractivity contribution < 1.29 is 14.3 Å². The van der Waals surface area contributed by atoms with Gasteiger partial charge in [0.05, 0.1) is 6.10 Å². The third kappa shape index (κ3) is 5.48. The number of fused-ring (bicyclic) bond motifs is 1. The van der Waals surface area contributed by atoms with Crippen LogP contribution in [0.2, 0.25) is 0 Å². The Labute approximate surface area is 169 Å². The van der Waals surface area contributed by atoms with Crippen molar-refractivity contribution in [3.05, 3.63) is 36.4 Å². The van der Waals surface area contributed by atoms with Crippen LogP contribution in [-0.4, -0.2) is 24.2 Å². The number of nitrogens with one attached hydrogen (secondary N) is 1. The van der Waals surface area contributed by atoms with E-state index in [0.717, 1.165) is 47.9 Å². The molecule has 0 aliphatic rings. The van der Waals surface area contributed by atoms with Gasteiger partial charge in [0.25, 0.3) is 5.91 Å². The summed E-state index contributed by atoms with van der Waals surface area (Å²) in [5, 5.41) is 5.09. The summed E-state index contributed by atoms with van der Waals surface area (Å²) in [5.41, 5.74) is -0.0322. The van der Waals surface area contributed by atoms with Crippen LogP contribution in [0, 0.1) is 0 Å². The molecule has 2 rings (SSSR count). The molecule has 1 amide bonds. The average Bonchev–Trinajstić information content (AvgIpc) is 2.70. The van der Waals surface area contributed by atoms with Crippen LogP contribution in [0.3, 0.4) is 0 Å². The number of anilines is 1. The predicted molar refractivity (Wildman–Crippen MR) is 117 cm³/mol. The van der Waals surface area contributed by atoms with Gasteiger partial charge in [-0.05, 0) is 45.7 Å². The molecule has 0 unspecified atom stereocenters. The molecule has 0 aliphatic heterocycles. The molecule has 2 aromatic rings. The van der Waals surface area contributed by atoms with E-state index in [9.17, 15) is 4.79 Å². The SMILES string of the molecule is CCCCC[C@@](C)(OCC)C(=O)Nc1ccc(O[C@@H](C)CC)c2ccccc12. The number of carbonyl (C=O) groups is 1. The van der Waals surface area contributed by atoms with E-state index in [-0.39, 0.29) is 12.0 Å². The number of hydrogen-bond donors (Lipinski definition) is 1. The highest BCUT2D eigenvalue weighted by Gasteiger charge is 2.33. The van der Waals surface area contributed by atoms with Crippen molar-refractivity contribution >= 4 is 22.4 Å². The van der Waals surface area contributed by atoms with Crippen molar-refractivity contribution in [2.24, 2.45) is 0 Å². The number of ether oxygens (including phenoxy) is 2. The number of benzene rings is 2. The lowest BCUT2D eigenvalue weighted by atomic mass is 9.96. The van der Waals surface area contributed by atoms with Gasteiger partial charge < -0.3 is 14.8 Å². The highest BCUT2D eigenvalue weighted by molar-refractivity contribution is 6.06. The monoisotopic (exact) mass is 385 g/mol.